The van der Waals surface area contributed by atoms with Gasteiger partial charge in [-0.25, -0.2) is 4.79 Å². The number of rotatable bonds is 1. The second-order valence-corrected chi connectivity index (χ2v) is 3.33. The Morgan fingerprint density at radius 1 is 1.45 bits per heavy atom. The Kier molecular flexibility index (Phi) is 6.45. The summed E-state index contributed by atoms with van der Waals surface area (Å²) in [5.41, 5.74) is 0. The molecule has 5 heteroatoms. The SMILES string of the molecule is CCOC(=O)N=C(SC)SC. The van der Waals surface area contributed by atoms with Crippen molar-refractivity contribution >= 4 is 34.0 Å². The van der Waals surface area contributed by atoms with E-state index in [1.54, 1.807) is 6.92 Å². The van der Waals surface area contributed by atoms with Gasteiger partial charge in [0.15, 0.2) is 0 Å². The van der Waals surface area contributed by atoms with Crippen molar-refractivity contribution in [1.82, 2.24) is 0 Å². The molecule has 0 rings (SSSR count). The summed E-state index contributed by atoms with van der Waals surface area (Å²) < 4.78 is 5.35. The zero-order valence-corrected chi connectivity index (χ0v) is 8.42. The van der Waals surface area contributed by atoms with E-state index in [-0.39, 0.29) is 0 Å². The van der Waals surface area contributed by atoms with Crippen molar-refractivity contribution in [3.05, 3.63) is 0 Å². The van der Waals surface area contributed by atoms with Crippen molar-refractivity contribution in [3.63, 3.8) is 0 Å². The van der Waals surface area contributed by atoms with Gasteiger partial charge in [0.05, 0.1) is 6.61 Å². The van der Waals surface area contributed by atoms with Gasteiger partial charge in [-0.2, -0.15) is 4.99 Å². The molecule has 0 aliphatic heterocycles. The number of carbonyl (C=O) groups excluding carboxylic acids is 1. The first-order valence-corrected chi connectivity index (χ1v) is 5.53. The van der Waals surface area contributed by atoms with Crippen LogP contribution in [0.4, 0.5) is 4.79 Å². The van der Waals surface area contributed by atoms with Crippen LogP contribution in [0.2, 0.25) is 0 Å². The van der Waals surface area contributed by atoms with Crippen LogP contribution < -0.4 is 0 Å². The molecule has 0 aromatic rings. The Morgan fingerprint density at radius 2 is 2.00 bits per heavy atom. The summed E-state index contributed by atoms with van der Waals surface area (Å²) in [5.74, 6) is 0. The first kappa shape index (κ1) is 10.8. The molecule has 1 amide bonds. The molecule has 0 heterocycles. The lowest BCUT2D eigenvalue weighted by molar-refractivity contribution is 0.164. The lowest BCUT2D eigenvalue weighted by Gasteiger charge is -1.97. The molecule has 11 heavy (non-hydrogen) atoms. The Balaban J connectivity index is 3.93. The number of hydrogen-bond donors (Lipinski definition) is 0. The van der Waals surface area contributed by atoms with Gasteiger partial charge in [-0.3, -0.25) is 0 Å². The number of nitrogens with zero attached hydrogens (tertiary/aromatic N) is 1. The molecule has 3 nitrogen and oxygen atoms in total. The van der Waals surface area contributed by atoms with Crippen LogP contribution in [0.1, 0.15) is 6.92 Å². The van der Waals surface area contributed by atoms with Crippen LogP contribution in [-0.4, -0.2) is 29.6 Å². The van der Waals surface area contributed by atoms with Crippen LogP contribution in [-0.2, 0) is 4.74 Å². The second kappa shape index (κ2) is 6.54. The standard InChI is InChI=1S/C6H11NO2S2/c1-4-9-5(8)7-6(10-2)11-3/h4H2,1-3H3. The molecule has 0 saturated heterocycles. The number of thioether (sulfide) groups is 2. The molecule has 0 aliphatic carbocycles. The Bertz CT molecular complexity index is 153. The molecule has 0 fully saturated rings. The van der Waals surface area contributed by atoms with Crippen LogP contribution >= 0.6 is 23.5 Å². The van der Waals surface area contributed by atoms with Crippen molar-refractivity contribution < 1.29 is 9.53 Å². The van der Waals surface area contributed by atoms with Crippen molar-refractivity contribution in [2.24, 2.45) is 4.99 Å². The number of carbonyl (C=O) groups is 1. The smallest absolute Gasteiger partial charge is 0.435 e. The highest BCUT2D eigenvalue weighted by Gasteiger charge is 2.00. The number of aliphatic imine (C=N–C) groups is 1. The highest BCUT2D eigenvalue weighted by Crippen LogP contribution is 2.10. The predicted octanol–water partition coefficient (Wildman–Crippen LogP) is 2.22. The van der Waals surface area contributed by atoms with E-state index in [0.717, 1.165) is 4.38 Å². The quantitative estimate of drug-likeness (QED) is 0.473. The average molecular weight is 193 g/mol. The van der Waals surface area contributed by atoms with Crippen molar-refractivity contribution in [2.45, 2.75) is 6.92 Å². The van der Waals surface area contributed by atoms with E-state index in [4.69, 9.17) is 0 Å². The molecular formula is C6H11NO2S2. The van der Waals surface area contributed by atoms with E-state index < -0.39 is 6.09 Å². The fraction of sp³-hybridized carbons (Fsp3) is 0.667. The topological polar surface area (TPSA) is 38.7 Å². The summed E-state index contributed by atoms with van der Waals surface area (Å²) in [6.07, 6.45) is 3.23. The number of hydrogen-bond acceptors (Lipinski definition) is 4. The van der Waals surface area contributed by atoms with Crippen LogP contribution in [0.3, 0.4) is 0 Å². The first-order chi connectivity index (χ1) is 5.24. The molecule has 0 aliphatic rings. The molecule has 0 saturated carbocycles. The molecule has 0 aromatic carbocycles. The van der Waals surface area contributed by atoms with Gasteiger partial charge in [-0.1, -0.05) is 0 Å². The zero-order chi connectivity index (χ0) is 8.69. The van der Waals surface area contributed by atoms with Crippen molar-refractivity contribution in [3.8, 4) is 0 Å². The van der Waals surface area contributed by atoms with Crippen LogP contribution in [0.15, 0.2) is 4.99 Å². The molecule has 0 radical (unpaired) electrons. The third kappa shape index (κ3) is 5.15. The van der Waals surface area contributed by atoms with Crippen LogP contribution in [0.25, 0.3) is 0 Å². The minimum absolute atomic E-state index is 0.373. The molecule has 0 spiro atoms. The second-order valence-electron chi connectivity index (χ2n) is 1.48. The van der Waals surface area contributed by atoms with Crippen molar-refractivity contribution in [2.75, 3.05) is 19.1 Å². The fourth-order valence-corrected chi connectivity index (χ4v) is 1.40. The molecule has 64 valence electrons. The lowest BCUT2D eigenvalue weighted by atomic mass is 10.9. The third-order valence-corrected chi connectivity index (χ3v) is 2.68. The summed E-state index contributed by atoms with van der Waals surface area (Å²) >= 11 is 2.87. The summed E-state index contributed by atoms with van der Waals surface area (Å²) in [7, 11) is 0. The van der Waals surface area contributed by atoms with Gasteiger partial charge in [0.25, 0.3) is 0 Å². The van der Waals surface area contributed by atoms with Gasteiger partial charge in [0, 0.05) is 0 Å². The summed E-state index contributed by atoms with van der Waals surface area (Å²) in [6, 6.07) is 0. The van der Waals surface area contributed by atoms with E-state index >= 15 is 0 Å². The highest BCUT2D eigenvalue weighted by atomic mass is 32.2. The third-order valence-electron chi connectivity index (χ3n) is 0.800. The zero-order valence-electron chi connectivity index (χ0n) is 6.79. The van der Waals surface area contributed by atoms with E-state index in [1.807, 2.05) is 12.5 Å². The van der Waals surface area contributed by atoms with Gasteiger partial charge >= 0.3 is 6.09 Å². The highest BCUT2D eigenvalue weighted by molar-refractivity contribution is 8.38. The van der Waals surface area contributed by atoms with E-state index in [9.17, 15) is 4.79 Å². The van der Waals surface area contributed by atoms with Gasteiger partial charge in [-0.15, -0.1) is 23.5 Å². The Labute approximate surface area is 75.0 Å². The van der Waals surface area contributed by atoms with Crippen LogP contribution in [0.5, 0.6) is 0 Å². The maximum Gasteiger partial charge on any atom is 0.435 e. The summed E-state index contributed by atoms with van der Waals surface area (Å²) in [4.78, 5) is 14.4. The molecule has 0 aromatic heterocycles. The normalized spacial score (nSPS) is 9.00. The largest absolute Gasteiger partial charge is 0.448 e. The van der Waals surface area contributed by atoms with E-state index in [1.165, 1.54) is 23.5 Å². The molecular weight excluding hydrogens is 182 g/mol. The Hall–Kier alpha value is -0.160. The minimum atomic E-state index is -0.508. The predicted molar refractivity (Wildman–Crippen MR) is 51.5 cm³/mol. The average Bonchev–Trinajstić information content (AvgIpc) is 2.01. The van der Waals surface area contributed by atoms with Gasteiger partial charge in [0.2, 0.25) is 0 Å². The summed E-state index contributed by atoms with van der Waals surface area (Å²) in [5, 5.41) is 0. The number of amides is 1. The maximum atomic E-state index is 10.7. The molecule has 0 atom stereocenters. The fourth-order valence-electron chi connectivity index (χ4n) is 0.405. The first-order valence-electron chi connectivity index (χ1n) is 3.08. The maximum absolute atomic E-state index is 10.7. The van der Waals surface area contributed by atoms with E-state index in [2.05, 4.69) is 9.73 Å². The van der Waals surface area contributed by atoms with Crippen molar-refractivity contribution in [1.29, 1.82) is 0 Å². The van der Waals surface area contributed by atoms with Crippen LogP contribution in [0, 0.1) is 0 Å². The molecule has 0 bridgehead atoms. The lowest BCUT2D eigenvalue weighted by Crippen LogP contribution is -1.99. The van der Waals surface area contributed by atoms with E-state index in [0.29, 0.717) is 6.61 Å². The Morgan fingerprint density at radius 3 is 2.36 bits per heavy atom. The van der Waals surface area contributed by atoms with Gasteiger partial charge in [0.1, 0.15) is 4.38 Å². The minimum Gasteiger partial charge on any atom is -0.448 e. The summed E-state index contributed by atoms with van der Waals surface area (Å²) in [6.45, 7) is 2.13. The van der Waals surface area contributed by atoms with Gasteiger partial charge < -0.3 is 4.74 Å². The number of ether oxygens (including phenoxy) is 1. The molecule has 0 unspecified atom stereocenters. The monoisotopic (exact) mass is 193 g/mol. The molecule has 0 N–H and O–H groups in total. The van der Waals surface area contributed by atoms with Gasteiger partial charge in [-0.05, 0) is 19.4 Å².